The molecule has 1 fully saturated rings. The van der Waals surface area contributed by atoms with Crippen LogP contribution in [0, 0.1) is 0 Å². The van der Waals surface area contributed by atoms with Crippen LogP contribution in [0.4, 0.5) is 5.69 Å². The Balaban J connectivity index is 2.05. The van der Waals surface area contributed by atoms with Crippen LogP contribution in [-0.4, -0.2) is 42.2 Å². The first kappa shape index (κ1) is 13.7. The maximum absolute atomic E-state index is 11.1. The average molecular weight is 264 g/mol. The number of carboxylic acids is 1. The predicted molar refractivity (Wildman–Crippen MR) is 73.6 cm³/mol. The topological polar surface area (TPSA) is 75.8 Å². The number of nitrogen functional groups attached to an aromatic ring is 1. The summed E-state index contributed by atoms with van der Waals surface area (Å²) in [5.41, 5.74) is 6.35. The highest BCUT2D eigenvalue weighted by Gasteiger charge is 2.20. The van der Waals surface area contributed by atoms with E-state index in [0.29, 0.717) is 24.1 Å². The van der Waals surface area contributed by atoms with E-state index in [9.17, 15) is 4.79 Å². The summed E-state index contributed by atoms with van der Waals surface area (Å²) in [6, 6.07) is 4.98. The summed E-state index contributed by atoms with van der Waals surface area (Å²) in [6.07, 6.45) is 3.49. The first-order valence-electron chi connectivity index (χ1n) is 6.54. The number of anilines is 1. The van der Waals surface area contributed by atoms with Crippen molar-refractivity contribution in [1.82, 2.24) is 4.90 Å². The summed E-state index contributed by atoms with van der Waals surface area (Å²) in [6.45, 7) is 1.57. The van der Waals surface area contributed by atoms with Crippen LogP contribution < -0.4 is 10.5 Å². The smallest absolute Gasteiger partial charge is 0.339 e. The van der Waals surface area contributed by atoms with Crippen molar-refractivity contribution < 1.29 is 14.6 Å². The highest BCUT2D eigenvalue weighted by Crippen LogP contribution is 2.23. The first-order valence-corrected chi connectivity index (χ1v) is 6.54. The lowest BCUT2D eigenvalue weighted by atomic mass is 10.0. The third-order valence-corrected chi connectivity index (χ3v) is 3.59. The fraction of sp³-hybridized carbons (Fsp3) is 0.500. The molecule has 0 aromatic heterocycles. The Labute approximate surface area is 113 Å². The van der Waals surface area contributed by atoms with Gasteiger partial charge < -0.3 is 20.5 Å². The summed E-state index contributed by atoms with van der Waals surface area (Å²) in [5.74, 6) is -0.640. The molecule has 1 saturated heterocycles. The molecule has 0 radical (unpaired) electrons. The third-order valence-electron chi connectivity index (χ3n) is 3.59. The molecule has 1 unspecified atom stereocenters. The number of piperidine rings is 1. The van der Waals surface area contributed by atoms with Crippen molar-refractivity contribution in [2.45, 2.75) is 25.3 Å². The zero-order chi connectivity index (χ0) is 13.8. The average Bonchev–Trinajstić information content (AvgIpc) is 2.37. The van der Waals surface area contributed by atoms with Gasteiger partial charge in [0.15, 0.2) is 0 Å². The molecule has 1 aliphatic rings. The molecule has 5 nitrogen and oxygen atoms in total. The number of nitrogens with two attached hydrogens (primary N) is 1. The molecule has 5 heteroatoms. The normalized spacial score (nSPS) is 20.2. The molecule has 0 amide bonds. The lowest BCUT2D eigenvalue weighted by molar-refractivity contribution is 0.0688. The number of ether oxygens (including phenoxy) is 1. The van der Waals surface area contributed by atoms with Gasteiger partial charge in [0.05, 0.1) is 0 Å². The molecule has 19 heavy (non-hydrogen) atoms. The van der Waals surface area contributed by atoms with Crippen LogP contribution in [0.5, 0.6) is 5.75 Å². The highest BCUT2D eigenvalue weighted by atomic mass is 16.5. The van der Waals surface area contributed by atoms with Crippen LogP contribution in [0.25, 0.3) is 0 Å². The molecule has 0 bridgehead atoms. The largest absolute Gasteiger partial charge is 0.491 e. The van der Waals surface area contributed by atoms with Gasteiger partial charge in [-0.2, -0.15) is 0 Å². The molecule has 1 atom stereocenters. The number of benzene rings is 1. The lowest BCUT2D eigenvalue weighted by Crippen LogP contribution is -2.40. The number of hydrogen-bond acceptors (Lipinski definition) is 4. The molecule has 1 aromatic carbocycles. The van der Waals surface area contributed by atoms with Crippen molar-refractivity contribution in [3.8, 4) is 5.75 Å². The maximum atomic E-state index is 11.1. The molecule has 1 aliphatic heterocycles. The molecular formula is C14H20N2O3. The Morgan fingerprint density at radius 2 is 2.32 bits per heavy atom. The monoisotopic (exact) mass is 264 g/mol. The molecule has 2 rings (SSSR count). The lowest BCUT2D eigenvalue weighted by Gasteiger charge is -2.32. The van der Waals surface area contributed by atoms with Crippen molar-refractivity contribution in [2.75, 3.05) is 25.9 Å². The zero-order valence-corrected chi connectivity index (χ0v) is 11.1. The summed E-state index contributed by atoms with van der Waals surface area (Å²) in [4.78, 5) is 13.4. The second-order valence-corrected chi connectivity index (χ2v) is 5.00. The first-order chi connectivity index (χ1) is 9.08. The molecular weight excluding hydrogens is 244 g/mol. The number of likely N-dealkylation sites (N-methyl/N-ethyl adjacent to an activating group) is 1. The van der Waals surface area contributed by atoms with Crippen molar-refractivity contribution >= 4 is 11.7 Å². The minimum atomic E-state index is -0.994. The quantitative estimate of drug-likeness (QED) is 0.811. The van der Waals surface area contributed by atoms with E-state index < -0.39 is 5.97 Å². The van der Waals surface area contributed by atoms with Crippen LogP contribution >= 0.6 is 0 Å². The van der Waals surface area contributed by atoms with Gasteiger partial charge in [-0.05, 0) is 38.6 Å². The van der Waals surface area contributed by atoms with E-state index in [4.69, 9.17) is 15.6 Å². The van der Waals surface area contributed by atoms with Crippen molar-refractivity contribution in [3.63, 3.8) is 0 Å². The van der Waals surface area contributed by atoms with Crippen LogP contribution in [-0.2, 0) is 0 Å². The number of carboxylic acid groups (broad SMARTS) is 1. The van der Waals surface area contributed by atoms with E-state index in [1.54, 1.807) is 12.1 Å². The standard InChI is InChI=1S/C14H20N2O3/c1-16-7-3-2-4-11(16)9-19-13-8-10(15)5-6-12(13)14(17)18/h5-6,8,11H,2-4,7,9,15H2,1H3,(H,17,18). The third kappa shape index (κ3) is 3.38. The van der Waals surface area contributed by atoms with Gasteiger partial charge in [0.1, 0.15) is 17.9 Å². The van der Waals surface area contributed by atoms with Crippen LogP contribution in [0.3, 0.4) is 0 Å². The van der Waals surface area contributed by atoms with Gasteiger partial charge in [0.25, 0.3) is 0 Å². The van der Waals surface area contributed by atoms with E-state index in [1.807, 2.05) is 0 Å². The fourth-order valence-corrected chi connectivity index (χ4v) is 2.38. The minimum Gasteiger partial charge on any atom is -0.491 e. The van der Waals surface area contributed by atoms with Gasteiger partial charge >= 0.3 is 5.97 Å². The van der Waals surface area contributed by atoms with E-state index in [1.165, 1.54) is 18.9 Å². The van der Waals surface area contributed by atoms with Crippen LogP contribution in [0.2, 0.25) is 0 Å². The SMILES string of the molecule is CN1CCCCC1COc1cc(N)ccc1C(=O)O. The van der Waals surface area contributed by atoms with Gasteiger partial charge in [0.2, 0.25) is 0 Å². The summed E-state index contributed by atoms with van der Waals surface area (Å²) < 4.78 is 5.69. The summed E-state index contributed by atoms with van der Waals surface area (Å²) in [7, 11) is 2.07. The van der Waals surface area contributed by atoms with Gasteiger partial charge in [-0.25, -0.2) is 4.79 Å². The highest BCUT2D eigenvalue weighted by molar-refractivity contribution is 5.91. The van der Waals surface area contributed by atoms with Crippen LogP contribution in [0.15, 0.2) is 18.2 Å². The summed E-state index contributed by atoms with van der Waals surface area (Å²) in [5, 5.41) is 9.11. The zero-order valence-electron chi connectivity index (χ0n) is 11.1. The Kier molecular flexibility index (Phi) is 4.27. The van der Waals surface area contributed by atoms with E-state index in [2.05, 4.69) is 11.9 Å². The van der Waals surface area contributed by atoms with E-state index >= 15 is 0 Å². The summed E-state index contributed by atoms with van der Waals surface area (Å²) >= 11 is 0. The van der Waals surface area contributed by atoms with Gasteiger partial charge in [-0.1, -0.05) is 6.42 Å². The van der Waals surface area contributed by atoms with Crippen LogP contribution in [0.1, 0.15) is 29.6 Å². The predicted octanol–water partition coefficient (Wildman–Crippen LogP) is 1.83. The number of likely N-dealkylation sites (tertiary alicyclic amines) is 1. The van der Waals surface area contributed by atoms with E-state index in [-0.39, 0.29) is 5.56 Å². The number of rotatable bonds is 4. The Hall–Kier alpha value is -1.75. The minimum absolute atomic E-state index is 0.160. The second-order valence-electron chi connectivity index (χ2n) is 5.00. The van der Waals surface area contributed by atoms with Crippen molar-refractivity contribution in [1.29, 1.82) is 0 Å². The Morgan fingerprint density at radius 1 is 1.53 bits per heavy atom. The van der Waals surface area contributed by atoms with Crippen molar-refractivity contribution in [3.05, 3.63) is 23.8 Å². The molecule has 104 valence electrons. The van der Waals surface area contributed by atoms with Crippen molar-refractivity contribution in [2.24, 2.45) is 0 Å². The van der Waals surface area contributed by atoms with Gasteiger partial charge in [0, 0.05) is 17.8 Å². The molecule has 0 saturated carbocycles. The molecule has 3 N–H and O–H groups in total. The second kappa shape index (κ2) is 5.93. The number of nitrogens with zero attached hydrogens (tertiary/aromatic N) is 1. The maximum Gasteiger partial charge on any atom is 0.339 e. The number of aromatic carboxylic acids is 1. The molecule has 0 spiro atoms. The van der Waals surface area contributed by atoms with Gasteiger partial charge in [-0.3, -0.25) is 0 Å². The molecule has 0 aliphatic carbocycles. The Morgan fingerprint density at radius 3 is 3.00 bits per heavy atom. The number of carbonyl (C=O) groups is 1. The number of hydrogen-bond donors (Lipinski definition) is 2. The Bertz CT molecular complexity index is 462. The molecule has 1 aromatic rings. The van der Waals surface area contributed by atoms with E-state index in [0.717, 1.165) is 13.0 Å². The molecule has 1 heterocycles. The van der Waals surface area contributed by atoms with Gasteiger partial charge in [-0.15, -0.1) is 0 Å². The fourth-order valence-electron chi connectivity index (χ4n) is 2.38.